The van der Waals surface area contributed by atoms with E-state index < -0.39 is 0 Å². The second-order valence-electron chi connectivity index (χ2n) is 6.13. The first-order chi connectivity index (χ1) is 12.4. The summed E-state index contributed by atoms with van der Waals surface area (Å²) in [6.07, 6.45) is 0.699. The molecule has 26 heavy (non-hydrogen) atoms. The highest BCUT2D eigenvalue weighted by Gasteiger charge is 2.25. The summed E-state index contributed by atoms with van der Waals surface area (Å²) < 4.78 is 0. The number of nitrogens with one attached hydrogen (secondary N) is 2. The molecule has 0 saturated carbocycles. The zero-order valence-corrected chi connectivity index (χ0v) is 16.7. The lowest BCUT2D eigenvalue weighted by Gasteiger charge is -2.07. The van der Waals surface area contributed by atoms with Crippen molar-refractivity contribution in [2.75, 3.05) is 0 Å². The molecule has 2 N–H and O–H groups in total. The van der Waals surface area contributed by atoms with E-state index >= 15 is 0 Å². The van der Waals surface area contributed by atoms with E-state index in [0.29, 0.717) is 28.4 Å². The van der Waals surface area contributed by atoms with Gasteiger partial charge in [-0.2, -0.15) is 0 Å². The molecule has 1 atom stereocenters. The summed E-state index contributed by atoms with van der Waals surface area (Å²) in [6.45, 7) is 6.95. The molecule has 0 spiro atoms. The average Bonchev–Trinajstić information content (AvgIpc) is 3.29. The molecule has 0 aromatic carbocycles. The minimum Gasteiger partial charge on any atom is -0.355 e. The molecule has 6 nitrogen and oxygen atoms in total. The topological polar surface area (TPSA) is 91.5 Å². The van der Waals surface area contributed by atoms with Gasteiger partial charge in [0.1, 0.15) is 5.82 Å². The number of thioether (sulfide) groups is 1. The van der Waals surface area contributed by atoms with E-state index in [0.717, 1.165) is 11.5 Å². The van der Waals surface area contributed by atoms with Crippen LogP contribution in [0.4, 0.5) is 0 Å². The van der Waals surface area contributed by atoms with E-state index in [2.05, 4.69) is 26.2 Å². The molecule has 3 aromatic heterocycles. The van der Waals surface area contributed by atoms with Crippen LogP contribution in [0.5, 0.6) is 0 Å². The molecule has 8 heteroatoms. The third-order valence-electron chi connectivity index (χ3n) is 4.12. The number of aromatic nitrogens is 4. The smallest absolute Gasteiger partial charge is 0.209 e. The molecule has 136 valence electrons. The number of rotatable bonds is 7. The molecule has 0 bridgehead atoms. The van der Waals surface area contributed by atoms with Gasteiger partial charge < -0.3 is 4.98 Å². The standard InChI is InChI=1S/C18H20N4O2S2/c1-9-15(11(3)23)10(2)19-16(9)17(24)12(4)26-18-20-14(21-22-18)8-13-6-5-7-25-13/h5-7,12,19H,8H2,1-4H3,(H,20,21,22). The molecule has 0 amide bonds. The number of ketones is 2. The summed E-state index contributed by atoms with van der Waals surface area (Å²) in [5.41, 5.74) is 2.52. The summed E-state index contributed by atoms with van der Waals surface area (Å²) >= 11 is 2.98. The fraction of sp³-hybridized carbons (Fsp3) is 0.333. The van der Waals surface area contributed by atoms with Gasteiger partial charge in [0, 0.05) is 22.6 Å². The Morgan fingerprint density at radius 3 is 2.73 bits per heavy atom. The lowest BCUT2D eigenvalue weighted by atomic mass is 10.0. The van der Waals surface area contributed by atoms with Crippen molar-refractivity contribution in [3.05, 3.63) is 50.7 Å². The van der Waals surface area contributed by atoms with Crippen molar-refractivity contribution < 1.29 is 9.59 Å². The molecular weight excluding hydrogens is 368 g/mol. The van der Waals surface area contributed by atoms with E-state index in [1.807, 2.05) is 25.3 Å². The Bertz CT molecular complexity index is 941. The lowest BCUT2D eigenvalue weighted by molar-refractivity contribution is 0.0988. The molecule has 0 aliphatic carbocycles. The van der Waals surface area contributed by atoms with Gasteiger partial charge >= 0.3 is 0 Å². The van der Waals surface area contributed by atoms with Gasteiger partial charge in [-0.1, -0.05) is 17.8 Å². The van der Waals surface area contributed by atoms with Gasteiger partial charge in [0.05, 0.1) is 10.9 Å². The maximum absolute atomic E-state index is 12.8. The molecule has 0 aliphatic heterocycles. The highest BCUT2D eigenvalue weighted by atomic mass is 32.2. The van der Waals surface area contributed by atoms with Crippen molar-refractivity contribution in [1.82, 2.24) is 20.2 Å². The maximum Gasteiger partial charge on any atom is 0.209 e. The number of aryl methyl sites for hydroxylation is 1. The molecule has 0 radical (unpaired) electrons. The maximum atomic E-state index is 12.8. The van der Waals surface area contributed by atoms with Gasteiger partial charge in [0.15, 0.2) is 11.6 Å². The predicted molar refractivity (Wildman–Crippen MR) is 103 cm³/mol. The molecule has 0 saturated heterocycles. The van der Waals surface area contributed by atoms with Crippen molar-refractivity contribution in [1.29, 1.82) is 0 Å². The van der Waals surface area contributed by atoms with Crippen molar-refractivity contribution in [3.63, 3.8) is 0 Å². The van der Waals surface area contributed by atoms with Crippen molar-refractivity contribution >= 4 is 34.7 Å². The molecule has 3 aromatic rings. The number of carbonyl (C=O) groups excluding carboxylic acids is 2. The Balaban J connectivity index is 1.71. The van der Waals surface area contributed by atoms with Crippen LogP contribution in [0.25, 0.3) is 0 Å². The number of Topliss-reactive ketones (excluding diaryl/α,β-unsaturated/α-hetero) is 2. The minimum absolute atomic E-state index is 0.0391. The van der Waals surface area contributed by atoms with Crippen LogP contribution in [0.15, 0.2) is 22.7 Å². The number of aromatic amines is 2. The van der Waals surface area contributed by atoms with E-state index in [4.69, 9.17) is 0 Å². The molecule has 3 heterocycles. The lowest BCUT2D eigenvalue weighted by Crippen LogP contribution is -2.15. The summed E-state index contributed by atoms with van der Waals surface area (Å²) in [5.74, 6) is 0.677. The highest BCUT2D eigenvalue weighted by molar-refractivity contribution is 8.00. The van der Waals surface area contributed by atoms with Crippen molar-refractivity contribution in [3.8, 4) is 0 Å². The normalized spacial score (nSPS) is 12.3. The molecule has 3 rings (SSSR count). The molecule has 1 unspecified atom stereocenters. The monoisotopic (exact) mass is 388 g/mol. The van der Waals surface area contributed by atoms with Gasteiger partial charge in [-0.25, -0.2) is 4.98 Å². The Morgan fingerprint density at radius 2 is 2.12 bits per heavy atom. The van der Waals surface area contributed by atoms with Crippen LogP contribution < -0.4 is 0 Å². The van der Waals surface area contributed by atoms with Gasteiger partial charge in [-0.15, -0.1) is 16.4 Å². The third-order valence-corrected chi connectivity index (χ3v) is 5.96. The van der Waals surface area contributed by atoms with Crippen LogP contribution in [0.3, 0.4) is 0 Å². The number of H-pyrrole nitrogens is 2. The third kappa shape index (κ3) is 3.81. The fourth-order valence-electron chi connectivity index (χ4n) is 2.93. The van der Waals surface area contributed by atoms with Crippen LogP contribution in [-0.4, -0.2) is 37.0 Å². The van der Waals surface area contributed by atoms with Crippen molar-refractivity contribution in [2.45, 2.75) is 44.5 Å². The summed E-state index contributed by atoms with van der Waals surface area (Å²) in [4.78, 5) is 33.3. The van der Waals surface area contributed by atoms with Gasteiger partial charge in [0.2, 0.25) is 5.16 Å². The second kappa shape index (κ2) is 7.59. The number of thiophene rings is 1. The largest absolute Gasteiger partial charge is 0.355 e. The highest BCUT2D eigenvalue weighted by Crippen LogP contribution is 2.26. The van der Waals surface area contributed by atoms with E-state index in [-0.39, 0.29) is 16.8 Å². The Labute approximate surface area is 159 Å². The van der Waals surface area contributed by atoms with Crippen molar-refractivity contribution in [2.24, 2.45) is 0 Å². The number of carbonyl (C=O) groups is 2. The first kappa shape index (κ1) is 18.6. The number of nitrogens with zero attached hydrogens (tertiary/aromatic N) is 2. The van der Waals surface area contributed by atoms with Crippen LogP contribution >= 0.6 is 23.1 Å². The molecular formula is C18H20N4O2S2. The number of hydrogen-bond donors (Lipinski definition) is 2. The first-order valence-corrected chi connectivity index (χ1v) is 9.97. The summed E-state index contributed by atoms with van der Waals surface area (Å²) in [7, 11) is 0. The van der Waals surface area contributed by atoms with Crippen LogP contribution in [0, 0.1) is 13.8 Å². The fourth-order valence-corrected chi connectivity index (χ4v) is 4.44. The first-order valence-electron chi connectivity index (χ1n) is 8.21. The zero-order valence-electron chi connectivity index (χ0n) is 15.0. The Morgan fingerprint density at radius 1 is 1.35 bits per heavy atom. The average molecular weight is 389 g/mol. The summed E-state index contributed by atoms with van der Waals surface area (Å²) in [6, 6.07) is 4.05. The summed E-state index contributed by atoms with van der Waals surface area (Å²) in [5, 5.41) is 9.34. The van der Waals surface area contributed by atoms with Crippen LogP contribution in [-0.2, 0) is 6.42 Å². The van der Waals surface area contributed by atoms with Crippen LogP contribution in [0.1, 0.15) is 56.7 Å². The van der Waals surface area contributed by atoms with Gasteiger partial charge in [-0.05, 0) is 44.7 Å². The van der Waals surface area contributed by atoms with E-state index in [1.165, 1.54) is 23.6 Å². The SMILES string of the molecule is CC(=O)c1c(C)[nH]c(C(=O)C(C)Sc2n[nH]c(Cc3cccs3)n2)c1C. The Hall–Kier alpha value is -2.19. The zero-order chi connectivity index (χ0) is 18.8. The second-order valence-corrected chi connectivity index (χ2v) is 8.47. The van der Waals surface area contributed by atoms with E-state index in [9.17, 15) is 9.59 Å². The molecule has 0 fully saturated rings. The van der Waals surface area contributed by atoms with Gasteiger partial charge in [-0.3, -0.25) is 14.7 Å². The van der Waals surface area contributed by atoms with Gasteiger partial charge in [0.25, 0.3) is 0 Å². The van der Waals surface area contributed by atoms with E-state index in [1.54, 1.807) is 18.3 Å². The predicted octanol–water partition coefficient (Wildman–Crippen LogP) is 3.97. The Kier molecular flexibility index (Phi) is 5.43. The molecule has 0 aliphatic rings. The quantitative estimate of drug-likeness (QED) is 0.472. The number of hydrogen-bond acceptors (Lipinski definition) is 6. The minimum atomic E-state index is -0.364. The van der Waals surface area contributed by atoms with Crippen LogP contribution in [0.2, 0.25) is 0 Å².